The summed E-state index contributed by atoms with van der Waals surface area (Å²) in [5.41, 5.74) is 2.80. The van der Waals surface area contributed by atoms with Crippen LogP contribution in [0.4, 0.5) is 0 Å². The van der Waals surface area contributed by atoms with E-state index in [2.05, 4.69) is 16.0 Å². The smallest absolute Gasteiger partial charge is 0.224 e. The van der Waals surface area contributed by atoms with Crippen molar-refractivity contribution >= 4 is 16.9 Å². The molecule has 0 aliphatic rings. The number of nitrogens with zero attached hydrogens (tertiary/aromatic N) is 2. The number of hydrogen-bond acceptors (Lipinski definition) is 6. The van der Waals surface area contributed by atoms with Gasteiger partial charge in [-0.1, -0.05) is 30.3 Å². The van der Waals surface area contributed by atoms with E-state index in [-0.39, 0.29) is 18.4 Å². The molecule has 0 radical (unpaired) electrons. The fourth-order valence-electron chi connectivity index (χ4n) is 4.48. The van der Waals surface area contributed by atoms with Crippen LogP contribution >= 0.6 is 0 Å². The minimum atomic E-state index is -0.264. The minimum Gasteiger partial charge on any atom is -0.493 e. The van der Waals surface area contributed by atoms with Crippen LogP contribution in [0.3, 0.4) is 0 Å². The summed E-state index contributed by atoms with van der Waals surface area (Å²) >= 11 is 0. The Morgan fingerprint density at radius 1 is 0.868 bits per heavy atom. The minimum absolute atomic E-state index is 0.0893. The molecule has 1 heterocycles. The number of benzene rings is 3. The van der Waals surface area contributed by atoms with Crippen molar-refractivity contribution in [2.45, 2.75) is 38.8 Å². The van der Waals surface area contributed by atoms with E-state index in [1.54, 1.807) is 21.3 Å². The van der Waals surface area contributed by atoms with Crippen molar-refractivity contribution in [1.29, 1.82) is 0 Å². The zero-order valence-corrected chi connectivity index (χ0v) is 22.4. The monoisotopic (exact) mass is 517 g/mol. The van der Waals surface area contributed by atoms with Crippen molar-refractivity contribution in [3.8, 4) is 23.0 Å². The van der Waals surface area contributed by atoms with E-state index in [1.807, 2.05) is 67.6 Å². The second kappa shape index (κ2) is 12.9. The van der Waals surface area contributed by atoms with Crippen LogP contribution in [0.15, 0.2) is 66.7 Å². The van der Waals surface area contributed by atoms with Gasteiger partial charge in [-0.3, -0.25) is 4.79 Å². The number of amides is 1. The number of methoxy groups -OCH3 is 3. The lowest BCUT2D eigenvalue weighted by molar-refractivity contribution is -0.121. The average Bonchev–Trinajstić information content (AvgIpc) is 3.31. The maximum atomic E-state index is 12.9. The summed E-state index contributed by atoms with van der Waals surface area (Å²) in [6.07, 6.45) is 1.99. The number of fused-ring (bicyclic) bond motifs is 1. The zero-order chi connectivity index (χ0) is 26.9. The van der Waals surface area contributed by atoms with Crippen molar-refractivity contribution in [1.82, 2.24) is 14.9 Å². The predicted molar refractivity (Wildman–Crippen MR) is 147 cm³/mol. The number of imidazole rings is 1. The van der Waals surface area contributed by atoms with Gasteiger partial charge in [-0.2, -0.15) is 0 Å². The van der Waals surface area contributed by atoms with E-state index in [0.717, 1.165) is 53.3 Å². The molecular formula is C30H35N3O5. The van der Waals surface area contributed by atoms with Gasteiger partial charge in [-0.25, -0.2) is 4.98 Å². The Labute approximate surface area is 223 Å². The summed E-state index contributed by atoms with van der Waals surface area (Å²) in [6.45, 7) is 3.32. The molecule has 0 aliphatic heterocycles. The van der Waals surface area contributed by atoms with E-state index in [1.165, 1.54) is 0 Å². The van der Waals surface area contributed by atoms with Crippen LogP contribution in [-0.4, -0.2) is 43.4 Å². The van der Waals surface area contributed by atoms with Gasteiger partial charge in [0.1, 0.15) is 5.82 Å². The van der Waals surface area contributed by atoms with E-state index in [4.69, 9.17) is 23.9 Å². The number of nitrogens with one attached hydrogen (secondary N) is 1. The van der Waals surface area contributed by atoms with Gasteiger partial charge >= 0.3 is 0 Å². The number of para-hydroxylation sites is 4. The second-order valence-electron chi connectivity index (χ2n) is 8.97. The molecule has 8 nitrogen and oxygen atoms in total. The van der Waals surface area contributed by atoms with Crippen LogP contribution in [0.2, 0.25) is 0 Å². The fraction of sp³-hybridized carbons (Fsp3) is 0.333. The van der Waals surface area contributed by atoms with Gasteiger partial charge in [0.05, 0.1) is 51.4 Å². The molecule has 0 saturated heterocycles. The van der Waals surface area contributed by atoms with Gasteiger partial charge in [0, 0.05) is 6.54 Å². The van der Waals surface area contributed by atoms with Gasteiger partial charge in [-0.15, -0.1) is 0 Å². The largest absolute Gasteiger partial charge is 0.493 e. The Morgan fingerprint density at radius 2 is 1.55 bits per heavy atom. The Morgan fingerprint density at radius 3 is 2.32 bits per heavy atom. The highest BCUT2D eigenvalue weighted by Crippen LogP contribution is 2.28. The molecule has 38 heavy (non-hydrogen) atoms. The Hall–Kier alpha value is -4.20. The van der Waals surface area contributed by atoms with Crippen LogP contribution in [0, 0.1) is 0 Å². The zero-order valence-electron chi connectivity index (χ0n) is 22.4. The Kier molecular flexibility index (Phi) is 9.08. The summed E-state index contributed by atoms with van der Waals surface area (Å²) in [4.78, 5) is 17.8. The fourth-order valence-corrected chi connectivity index (χ4v) is 4.48. The standard InChI is InChI=1S/C30H35N3O5/c1-21(31-29(34)20-22-15-16-26(36-3)28(19-22)37-4)30-32-23-11-5-6-12-24(23)33(30)17-9-10-18-38-27-14-8-7-13-25(27)35-2/h5-8,11-16,19,21H,9-10,17-18,20H2,1-4H3,(H,31,34). The van der Waals surface area contributed by atoms with Crippen molar-refractivity contribution in [2.24, 2.45) is 0 Å². The average molecular weight is 518 g/mol. The molecule has 8 heteroatoms. The highest BCUT2D eigenvalue weighted by atomic mass is 16.5. The third-order valence-electron chi connectivity index (χ3n) is 6.36. The topological polar surface area (TPSA) is 83.8 Å². The van der Waals surface area contributed by atoms with Crippen molar-refractivity contribution in [2.75, 3.05) is 27.9 Å². The van der Waals surface area contributed by atoms with Crippen LogP contribution in [0.1, 0.15) is 37.2 Å². The maximum absolute atomic E-state index is 12.9. The number of aromatic nitrogens is 2. The summed E-state index contributed by atoms with van der Waals surface area (Å²) in [5, 5.41) is 3.11. The van der Waals surface area contributed by atoms with E-state index in [9.17, 15) is 4.79 Å². The summed E-state index contributed by atoms with van der Waals surface area (Å²) in [6, 6.07) is 20.9. The molecule has 0 fully saturated rings. The van der Waals surface area contributed by atoms with Crippen LogP contribution < -0.4 is 24.3 Å². The quantitative estimate of drug-likeness (QED) is 0.241. The molecule has 4 rings (SSSR count). The molecule has 1 amide bonds. The van der Waals surface area contributed by atoms with Crippen molar-refractivity contribution in [3.63, 3.8) is 0 Å². The second-order valence-corrected chi connectivity index (χ2v) is 8.97. The summed E-state index contributed by atoms with van der Waals surface area (Å²) < 4.78 is 24.1. The van der Waals surface area contributed by atoms with Crippen LogP contribution in [0.5, 0.6) is 23.0 Å². The van der Waals surface area contributed by atoms with Gasteiger partial charge in [0.15, 0.2) is 23.0 Å². The van der Waals surface area contributed by atoms with Gasteiger partial charge in [0.2, 0.25) is 5.91 Å². The molecule has 1 atom stereocenters. The number of ether oxygens (including phenoxy) is 4. The number of hydrogen-bond donors (Lipinski definition) is 1. The number of unbranched alkanes of at least 4 members (excludes halogenated alkanes) is 1. The highest BCUT2D eigenvalue weighted by molar-refractivity contribution is 5.80. The first kappa shape index (κ1) is 26.9. The van der Waals surface area contributed by atoms with Gasteiger partial charge < -0.3 is 28.8 Å². The predicted octanol–water partition coefficient (Wildman–Crippen LogP) is 5.34. The van der Waals surface area contributed by atoms with E-state index >= 15 is 0 Å². The number of carbonyl (C=O) groups is 1. The van der Waals surface area contributed by atoms with E-state index in [0.29, 0.717) is 18.1 Å². The van der Waals surface area contributed by atoms with Crippen molar-refractivity contribution < 1.29 is 23.7 Å². The molecule has 0 aliphatic carbocycles. The molecular weight excluding hydrogens is 482 g/mol. The summed E-state index contributed by atoms with van der Waals surface area (Å²) in [7, 11) is 4.81. The molecule has 0 saturated carbocycles. The lowest BCUT2D eigenvalue weighted by Crippen LogP contribution is -2.30. The third-order valence-corrected chi connectivity index (χ3v) is 6.36. The Balaban J connectivity index is 1.39. The molecule has 0 bridgehead atoms. The molecule has 1 unspecified atom stereocenters. The molecule has 1 aromatic heterocycles. The molecule has 1 N–H and O–H groups in total. The summed E-state index contributed by atoms with van der Waals surface area (Å²) in [5.74, 6) is 3.45. The number of carbonyl (C=O) groups excluding carboxylic acids is 1. The molecule has 200 valence electrons. The number of aryl methyl sites for hydroxylation is 1. The first-order valence-electron chi connectivity index (χ1n) is 12.7. The first-order chi connectivity index (χ1) is 18.5. The normalized spacial score (nSPS) is 11.7. The SMILES string of the molecule is COc1ccc(CC(=O)NC(C)c2nc3ccccc3n2CCCCOc2ccccc2OC)cc1OC. The van der Waals surface area contributed by atoms with Gasteiger partial charge in [0.25, 0.3) is 0 Å². The first-order valence-corrected chi connectivity index (χ1v) is 12.7. The molecule has 4 aromatic rings. The van der Waals surface area contributed by atoms with Gasteiger partial charge in [-0.05, 0) is 61.7 Å². The molecule has 3 aromatic carbocycles. The van der Waals surface area contributed by atoms with Crippen LogP contribution in [0.25, 0.3) is 11.0 Å². The van der Waals surface area contributed by atoms with E-state index < -0.39 is 0 Å². The van der Waals surface area contributed by atoms with Crippen LogP contribution in [-0.2, 0) is 17.8 Å². The number of rotatable bonds is 13. The Bertz CT molecular complexity index is 1370. The lowest BCUT2D eigenvalue weighted by atomic mass is 10.1. The third kappa shape index (κ3) is 6.37. The lowest BCUT2D eigenvalue weighted by Gasteiger charge is -2.17. The maximum Gasteiger partial charge on any atom is 0.224 e. The highest BCUT2D eigenvalue weighted by Gasteiger charge is 2.19. The molecule has 0 spiro atoms. The van der Waals surface area contributed by atoms with Crippen molar-refractivity contribution in [3.05, 3.63) is 78.1 Å².